The van der Waals surface area contributed by atoms with E-state index in [1.807, 2.05) is 6.92 Å². The maximum absolute atomic E-state index is 10.8. The molecular weight excluding hydrogens is 222 g/mol. The molecule has 0 aliphatic rings. The summed E-state index contributed by atoms with van der Waals surface area (Å²) in [6, 6.07) is 2.88. The first-order valence-electron chi connectivity index (χ1n) is 5.45. The Morgan fingerprint density at radius 1 is 1.47 bits per heavy atom. The molecule has 6 heteroatoms. The number of carbonyl (C=O) groups is 1. The Bertz CT molecular complexity index is 390. The molecule has 1 heterocycles. The zero-order chi connectivity index (χ0) is 12.8. The van der Waals surface area contributed by atoms with Gasteiger partial charge in [0.15, 0.2) is 11.5 Å². The van der Waals surface area contributed by atoms with Crippen LogP contribution in [-0.2, 0) is 0 Å². The first-order valence-corrected chi connectivity index (χ1v) is 5.45. The summed E-state index contributed by atoms with van der Waals surface area (Å²) in [5.74, 6) is -0.674. The zero-order valence-electron chi connectivity index (χ0n) is 9.76. The number of hydrogen-bond donors (Lipinski definition) is 3. The molecule has 1 aromatic rings. The predicted octanol–water partition coefficient (Wildman–Crippen LogP) is 0.571. The van der Waals surface area contributed by atoms with Gasteiger partial charge < -0.3 is 20.8 Å². The van der Waals surface area contributed by atoms with Crippen LogP contribution in [0.1, 0.15) is 23.8 Å². The van der Waals surface area contributed by atoms with Gasteiger partial charge in [-0.3, -0.25) is 0 Å². The van der Waals surface area contributed by atoms with Crippen LogP contribution in [0.25, 0.3) is 0 Å². The van der Waals surface area contributed by atoms with Gasteiger partial charge in [0.1, 0.15) is 0 Å². The molecule has 0 atom stereocenters. The number of hydrogen-bond acceptors (Lipinski definition) is 5. The van der Waals surface area contributed by atoms with E-state index in [0.29, 0.717) is 24.6 Å². The number of nitrogen functional groups attached to an aromatic ring is 1. The summed E-state index contributed by atoms with van der Waals surface area (Å²) in [5.41, 5.74) is 6.14. The van der Waals surface area contributed by atoms with E-state index in [-0.39, 0.29) is 12.3 Å². The van der Waals surface area contributed by atoms with Gasteiger partial charge in [-0.05, 0) is 18.6 Å². The minimum Gasteiger partial charge on any atom is -0.477 e. The first-order chi connectivity index (χ1) is 8.10. The maximum atomic E-state index is 10.8. The maximum Gasteiger partial charge on any atom is 0.354 e. The van der Waals surface area contributed by atoms with Crippen molar-refractivity contribution in [3.63, 3.8) is 0 Å². The Labute approximate surface area is 99.7 Å². The topological polar surface area (TPSA) is 99.7 Å². The van der Waals surface area contributed by atoms with Gasteiger partial charge in [-0.25, -0.2) is 9.78 Å². The van der Waals surface area contributed by atoms with Crippen molar-refractivity contribution in [3.8, 4) is 0 Å². The highest BCUT2D eigenvalue weighted by Crippen LogP contribution is 2.20. The third-order valence-electron chi connectivity index (χ3n) is 2.29. The fraction of sp³-hybridized carbons (Fsp3) is 0.455. The van der Waals surface area contributed by atoms with Gasteiger partial charge >= 0.3 is 5.97 Å². The van der Waals surface area contributed by atoms with Gasteiger partial charge in [0.05, 0.1) is 12.3 Å². The molecule has 1 rings (SSSR count). The van der Waals surface area contributed by atoms with Gasteiger partial charge in [-0.2, -0.15) is 0 Å². The summed E-state index contributed by atoms with van der Waals surface area (Å²) in [5, 5.41) is 17.8. The lowest BCUT2D eigenvalue weighted by Crippen LogP contribution is -2.29. The van der Waals surface area contributed by atoms with E-state index in [2.05, 4.69) is 4.98 Å². The van der Waals surface area contributed by atoms with Crippen molar-refractivity contribution in [1.82, 2.24) is 4.98 Å². The number of rotatable bonds is 6. The molecule has 94 valence electrons. The summed E-state index contributed by atoms with van der Waals surface area (Å²) in [7, 11) is 0. The average molecular weight is 239 g/mol. The van der Waals surface area contributed by atoms with Crippen LogP contribution in [0.3, 0.4) is 0 Å². The van der Waals surface area contributed by atoms with E-state index in [4.69, 9.17) is 15.9 Å². The molecule has 0 saturated carbocycles. The fourth-order valence-electron chi connectivity index (χ4n) is 1.55. The fourth-order valence-corrected chi connectivity index (χ4v) is 1.55. The number of carboxylic acids is 1. The number of aromatic nitrogens is 1. The molecule has 0 saturated heterocycles. The quantitative estimate of drug-likeness (QED) is 0.671. The summed E-state index contributed by atoms with van der Waals surface area (Å²) >= 11 is 0. The van der Waals surface area contributed by atoms with E-state index in [1.165, 1.54) is 12.1 Å². The Balaban J connectivity index is 3.07. The first kappa shape index (κ1) is 13.2. The van der Waals surface area contributed by atoms with Crippen molar-refractivity contribution < 1.29 is 15.0 Å². The van der Waals surface area contributed by atoms with Crippen molar-refractivity contribution in [2.75, 3.05) is 30.3 Å². The van der Waals surface area contributed by atoms with Gasteiger partial charge in [0, 0.05) is 13.1 Å². The number of pyridine rings is 1. The molecule has 0 aliphatic heterocycles. The lowest BCUT2D eigenvalue weighted by Gasteiger charge is -2.23. The van der Waals surface area contributed by atoms with Crippen LogP contribution in [0.5, 0.6) is 0 Å². The van der Waals surface area contributed by atoms with Crippen molar-refractivity contribution in [1.29, 1.82) is 0 Å². The molecule has 4 N–H and O–H groups in total. The minimum absolute atomic E-state index is 0.0293. The van der Waals surface area contributed by atoms with Crippen LogP contribution in [0.15, 0.2) is 12.1 Å². The molecule has 0 amide bonds. The number of aliphatic hydroxyl groups is 1. The monoisotopic (exact) mass is 239 g/mol. The third kappa shape index (κ3) is 3.32. The normalized spacial score (nSPS) is 10.2. The van der Waals surface area contributed by atoms with Gasteiger partial charge in [0.2, 0.25) is 0 Å². The zero-order valence-corrected chi connectivity index (χ0v) is 9.76. The van der Waals surface area contributed by atoms with Crippen molar-refractivity contribution in [2.24, 2.45) is 0 Å². The van der Waals surface area contributed by atoms with Gasteiger partial charge in [-0.15, -0.1) is 0 Å². The van der Waals surface area contributed by atoms with E-state index in [1.54, 1.807) is 4.90 Å². The number of anilines is 2. The highest BCUT2D eigenvalue weighted by Gasteiger charge is 2.13. The van der Waals surface area contributed by atoms with Crippen LogP contribution in [-0.4, -0.2) is 40.9 Å². The Morgan fingerprint density at radius 3 is 2.71 bits per heavy atom. The number of carboxylic acid groups (broad SMARTS) is 1. The highest BCUT2D eigenvalue weighted by molar-refractivity contribution is 5.86. The summed E-state index contributed by atoms with van der Waals surface area (Å²) in [6.45, 7) is 3.01. The van der Waals surface area contributed by atoms with Gasteiger partial charge in [-0.1, -0.05) is 6.92 Å². The second-order valence-corrected chi connectivity index (χ2v) is 3.63. The Morgan fingerprint density at radius 2 is 2.18 bits per heavy atom. The lowest BCUT2D eigenvalue weighted by molar-refractivity contribution is 0.0690. The summed E-state index contributed by atoms with van der Waals surface area (Å²) < 4.78 is 0. The Hall–Kier alpha value is -1.82. The number of nitrogens with two attached hydrogens (primary N) is 1. The minimum atomic E-state index is -1.09. The molecule has 1 aromatic heterocycles. The van der Waals surface area contributed by atoms with Crippen molar-refractivity contribution >= 4 is 17.5 Å². The molecule has 0 radical (unpaired) electrons. The molecule has 0 spiro atoms. The molecular formula is C11H17N3O3. The van der Waals surface area contributed by atoms with Crippen LogP contribution >= 0.6 is 0 Å². The van der Waals surface area contributed by atoms with E-state index >= 15 is 0 Å². The molecule has 0 aromatic carbocycles. The molecule has 0 fully saturated rings. The van der Waals surface area contributed by atoms with Crippen LogP contribution in [0.4, 0.5) is 11.5 Å². The van der Waals surface area contributed by atoms with E-state index in [9.17, 15) is 4.79 Å². The molecule has 6 nitrogen and oxygen atoms in total. The largest absolute Gasteiger partial charge is 0.477 e. The number of nitrogens with zero attached hydrogens (tertiary/aromatic N) is 2. The second-order valence-electron chi connectivity index (χ2n) is 3.63. The van der Waals surface area contributed by atoms with E-state index < -0.39 is 5.97 Å². The second kappa shape index (κ2) is 6.05. The SMILES string of the molecule is CCCN(CCO)c1nc(C(=O)O)ccc1N. The summed E-state index contributed by atoms with van der Waals surface area (Å²) in [6.07, 6.45) is 0.860. The lowest BCUT2D eigenvalue weighted by atomic mass is 10.3. The standard InChI is InChI=1S/C11H17N3O3/c1-2-5-14(6-7-15)10-8(12)3-4-9(13-10)11(16)17/h3-4,15H,2,5-7,12H2,1H3,(H,16,17). The molecule has 17 heavy (non-hydrogen) atoms. The smallest absolute Gasteiger partial charge is 0.354 e. The van der Waals surface area contributed by atoms with Gasteiger partial charge in [0.25, 0.3) is 0 Å². The number of aliphatic hydroxyl groups excluding tert-OH is 1. The Kier molecular flexibility index (Phi) is 4.71. The van der Waals surface area contributed by atoms with E-state index in [0.717, 1.165) is 6.42 Å². The van der Waals surface area contributed by atoms with Crippen molar-refractivity contribution in [3.05, 3.63) is 17.8 Å². The van der Waals surface area contributed by atoms with Crippen molar-refractivity contribution in [2.45, 2.75) is 13.3 Å². The molecule has 0 bridgehead atoms. The molecule has 0 aliphatic carbocycles. The highest BCUT2D eigenvalue weighted by atomic mass is 16.4. The molecule has 0 unspecified atom stereocenters. The average Bonchev–Trinajstić information content (AvgIpc) is 2.29. The van der Waals surface area contributed by atoms with Crippen LogP contribution in [0, 0.1) is 0 Å². The van der Waals surface area contributed by atoms with Crippen LogP contribution in [0.2, 0.25) is 0 Å². The summed E-state index contributed by atoms with van der Waals surface area (Å²) in [4.78, 5) is 16.6. The van der Waals surface area contributed by atoms with Crippen LogP contribution < -0.4 is 10.6 Å². The predicted molar refractivity (Wildman–Crippen MR) is 65.2 cm³/mol. The third-order valence-corrected chi connectivity index (χ3v) is 2.29. The number of aromatic carboxylic acids is 1.